The molecule has 0 aromatic heterocycles. The van der Waals surface area contributed by atoms with E-state index in [1.165, 1.54) is 0 Å². The minimum absolute atomic E-state index is 0.0241. The van der Waals surface area contributed by atoms with Crippen molar-refractivity contribution >= 4 is 23.2 Å². The van der Waals surface area contributed by atoms with E-state index in [1.54, 1.807) is 14.0 Å². The number of ether oxygens (including phenoxy) is 1. The van der Waals surface area contributed by atoms with E-state index < -0.39 is 5.38 Å². The molecule has 1 aromatic rings. The zero-order valence-corrected chi connectivity index (χ0v) is 12.1. The third-order valence-corrected chi connectivity index (χ3v) is 3.56. The Bertz CT molecular complexity index is 426. The molecule has 1 heterocycles. The van der Waals surface area contributed by atoms with Crippen LogP contribution in [0.2, 0.25) is 0 Å². The number of amides is 1. The number of rotatable bonds is 3. The van der Waals surface area contributed by atoms with Gasteiger partial charge in [0.05, 0.1) is 7.11 Å². The van der Waals surface area contributed by atoms with Crippen LogP contribution >= 0.6 is 11.6 Å². The average Bonchev–Trinajstić information content (AvgIpc) is 2.46. The average molecular weight is 283 g/mol. The zero-order chi connectivity index (χ0) is 13.8. The van der Waals surface area contributed by atoms with Crippen LogP contribution in [0.5, 0.6) is 5.75 Å². The monoisotopic (exact) mass is 282 g/mol. The lowest BCUT2D eigenvalue weighted by Gasteiger charge is -2.36. The second kappa shape index (κ2) is 6.15. The summed E-state index contributed by atoms with van der Waals surface area (Å²) < 4.78 is 5.15. The molecule has 1 aliphatic heterocycles. The Labute approximate surface area is 118 Å². The molecule has 1 amide bonds. The van der Waals surface area contributed by atoms with E-state index in [0.717, 1.165) is 37.6 Å². The molecule has 1 aromatic carbocycles. The SMILES string of the molecule is COc1ccc(N2CCN(C(=O)C(C)Cl)CC2)cc1. The number of hydrogen-bond donors (Lipinski definition) is 0. The van der Waals surface area contributed by atoms with Crippen molar-refractivity contribution in [3.63, 3.8) is 0 Å². The molecule has 1 unspecified atom stereocenters. The summed E-state index contributed by atoms with van der Waals surface area (Å²) in [5.41, 5.74) is 1.16. The molecule has 0 saturated carbocycles. The van der Waals surface area contributed by atoms with Crippen molar-refractivity contribution in [2.45, 2.75) is 12.3 Å². The van der Waals surface area contributed by atoms with Crippen molar-refractivity contribution in [3.8, 4) is 5.75 Å². The van der Waals surface area contributed by atoms with Gasteiger partial charge < -0.3 is 14.5 Å². The maximum atomic E-state index is 11.8. The summed E-state index contributed by atoms with van der Waals surface area (Å²) in [6.45, 7) is 4.84. The molecular formula is C14H19ClN2O2. The highest BCUT2D eigenvalue weighted by Gasteiger charge is 2.23. The molecule has 19 heavy (non-hydrogen) atoms. The van der Waals surface area contributed by atoms with Gasteiger partial charge in [0.1, 0.15) is 11.1 Å². The third-order valence-electron chi connectivity index (χ3n) is 3.37. The molecule has 2 rings (SSSR count). The largest absolute Gasteiger partial charge is 0.497 e. The smallest absolute Gasteiger partial charge is 0.240 e. The van der Waals surface area contributed by atoms with Gasteiger partial charge in [-0.3, -0.25) is 4.79 Å². The van der Waals surface area contributed by atoms with E-state index in [9.17, 15) is 4.79 Å². The first-order valence-corrected chi connectivity index (χ1v) is 6.87. The summed E-state index contributed by atoms with van der Waals surface area (Å²) >= 11 is 5.83. The van der Waals surface area contributed by atoms with Crippen LogP contribution in [0.3, 0.4) is 0 Å². The van der Waals surface area contributed by atoms with Gasteiger partial charge >= 0.3 is 0 Å². The summed E-state index contributed by atoms with van der Waals surface area (Å²) in [7, 11) is 1.66. The second-order valence-corrected chi connectivity index (χ2v) is 5.28. The molecular weight excluding hydrogens is 264 g/mol. The van der Waals surface area contributed by atoms with E-state index in [4.69, 9.17) is 16.3 Å². The van der Waals surface area contributed by atoms with Crippen LogP contribution < -0.4 is 9.64 Å². The molecule has 104 valence electrons. The van der Waals surface area contributed by atoms with Gasteiger partial charge in [-0.1, -0.05) is 0 Å². The van der Waals surface area contributed by atoms with Gasteiger partial charge in [-0.2, -0.15) is 0 Å². The fraction of sp³-hybridized carbons (Fsp3) is 0.500. The molecule has 0 N–H and O–H groups in total. The second-order valence-electron chi connectivity index (χ2n) is 4.63. The van der Waals surface area contributed by atoms with E-state index in [1.807, 2.05) is 29.2 Å². The van der Waals surface area contributed by atoms with Gasteiger partial charge in [0.2, 0.25) is 5.91 Å². The van der Waals surface area contributed by atoms with Gasteiger partial charge in [0, 0.05) is 31.9 Å². The molecule has 1 atom stereocenters. The number of methoxy groups -OCH3 is 1. The molecule has 0 aliphatic carbocycles. The van der Waals surface area contributed by atoms with Crippen molar-refractivity contribution in [2.24, 2.45) is 0 Å². The van der Waals surface area contributed by atoms with Crippen molar-refractivity contribution in [3.05, 3.63) is 24.3 Å². The summed E-state index contributed by atoms with van der Waals surface area (Å²) in [5.74, 6) is 0.879. The molecule has 1 fully saturated rings. The van der Waals surface area contributed by atoms with Crippen molar-refractivity contribution in [1.29, 1.82) is 0 Å². The van der Waals surface area contributed by atoms with Crippen LogP contribution in [0.15, 0.2) is 24.3 Å². The lowest BCUT2D eigenvalue weighted by atomic mass is 10.2. The number of nitrogens with zero attached hydrogens (tertiary/aromatic N) is 2. The third kappa shape index (κ3) is 3.32. The van der Waals surface area contributed by atoms with Crippen molar-refractivity contribution in [2.75, 3.05) is 38.2 Å². The minimum Gasteiger partial charge on any atom is -0.497 e. The number of piperazine rings is 1. The standard InChI is InChI=1S/C14H19ClN2O2/c1-11(15)14(18)17-9-7-16(8-10-17)12-3-5-13(19-2)6-4-12/h3-6,11H,7-10H2,1-2H3. The van der Waals surface area contributed by atoms with Crippen LogP contribution in [0, 0.1) is 0 Å². The van der Waals surface area contributed by atoms with Gasteiger partial charge in [-0.15, -0.1) is 11.6 Å². The maximum absolute atomic E-state index is 11.8. The Hall–Kier alpha value is -1.42. The highest BCUT2D eigenvalue weighted by molar-refractivity contribution is 6.30. The Morgan fingerprint density at radius 3 is 2.26 bits per heavy atom. The minimum atomic E-state index is -0.437. The van der Waals surface area contributed by atoms with Crippen molar-refractivity contribution in [1.82, 2.24) is 4.90 Å². The maximum Gasteiger partial charge on any atom is 0.240 e. The Balaban J connectivity index is 1.94. The first kappa shape index (κ1) is 14.0. The van der Waals surface area contributed by atoms with Gasteiger partial charge in [0.25, 0.3) is 0 Å². The predicted octanol–water partition coefficient (Wildman–Crippen LogP) is 1.97. The number of carbonyl (C=O) groups excluding carboxylic acids is 1. The van der Waals surface area contributed by atoms with Crippen LogP contribution in [-0.2, 0) is 4.79 Å². The topological polar surface area (TPSA) is 32.8 Å². The van der Waals surface area contributed by atoms with E-state index >= 15 is 0 Å². The molecule has 0 bridgehead atoms. The van der Waals surface area contributed by atoms with E-state index in [-0.39, 0.29) is 5.91 Å². The lowest BCUT2D eigenvalue weighted by molar-refractivity contribution is -0.130. The highest BCUT2D eigenvalue weighted by Crippen LogP contribution is 2.20. The van der Waals surface area contributed by atoms with E-state index in [2.05, 4.69) is 4.90 Å². The van der Waals surface area contributed by atoms with Crippen LogP contribution in [0.1, 0.15) is 6.92 Å². The lowest BCUT2D eigenvalue weighted by Crippen LogP contribution is -2.50. The summed E-state index contributed by atoms with van der Waals surface area (Å²) in [6.07, 6.45) is 0. The quantitative estimate of drug-likeness (QED) is 0.795. The first-order valence-electron chi connectivity index (χ1n) is 6.43. The normalized spacial score (nSPS) is 17.2. The van der Waals surface area contributed by atoms with Gasteiger partial charge in [-0.05, 0) is 31.2 Å². The molecule has 0 spiro atoms. The molecule has 5 heteroatoms. The Morgan fingerprint density at radius 2 is 1.79 bits per heavy atom. The zero-order valence-electron chi connectivity index (χ0n) is 11.3. The van der Waals surface area contributed by atoms with Gasteiger partial charge in [0.15, 0.2) is 0 Å². The Morgan fingerprint density at radius 1 is 1.21 bits per heavy atom. The fourth-order valence-corrected chi connectivity index (χ4v) is 2.37. The van der Waals surface area contributed by atoms with Crippen LogP contribution in [0.25, 0.3) is 0 Å². The number of halogens is 1. The summed E-state index contributed by atoms with van der Waals surface area (Å²) in [5, 5.41) is -0.437. The number of carbonyl (C=O) groups is 1. The molecule has 1 saturated heterocycles. The highest BCUT2D eigenvalue weighted by atomic mass is 35.5. The fourth-order valence-electron chi connectivity index (χ4n) is 2.23. The summed E-state index contributed by atoms with van der Waals surface area (Å²) in [4.78, 5) is 15.9. The number of alkyl halides is 1. The number of hydrogen-bond acceptors (Lipinski definition) is 3. The predicted molar refractivity (Wildman–Crippen MR) is 77.1 cm³/mol. The number of benzene rings is 1. The molecule has 4 nitrogen and oxygen atoms in total. The molecule has 1 aliphatic rings. The van der Waals surface area contributed by atoms with Crippen LogP contribution in [0.4, 0.5) is 5.69 Å². The van der Waals surface area contributed by atoms with Crippen LogP contribution in [-0.4, -0.2) is 49.5 Å². The number of anilines is 1. The first-order chi connectivity index (χ1) is 9.11. The summed E-state index contributed by atoms with van der Waals surface area (Å²) in [6, 6.07) is 7.99. The van der Waals surface area contributed by atoms with Crippen molar-refractivity contribution < 1.29 is 9.53 Å². The molecule has 0 radical (unpaired) electrons. The van der Waals surface area contributed by atoms with E-state index in [0.29, 0.717) is 0 Å². The van der Waals surface area contributed by atoms with Gasteiger partial charge in [-0.25, -0.2) is 0 Å². The Kier molecular flexibility index (Phi) is 4.53.